The average Bonchev–Trinajstić information content (AvgIpc) is 3.24. The van der Waals surface area contributed by atoms with Crippen LogP contribution < -0.4 is 11.0 Å². The molecule has 2 fully saturated rings. The first-order valence-corrected chi connectivity index (χ1v) is 13.2. The van der Waals surface area contributed by atoms with Crippen LogP contribution in [0.15, 0.2) is 59.4 Å². The Hall–Kier alpha value is -3.59. The number of urea groups is 1. The van der Waals surface area contributed by atoms with Crippen molar-refractivity contribution in [2.75, 3.05) is 38.0 Å². The van der Waals surface area contributed by atoms with Gasteiger partial charge in [0.15, 0.2) is 0 Å². The van der Waals surface area contributed by atoms with E-state index in [0.29, 0.717) is 19.5 Å². The SMILES string of the molecule is O=C(O)CC1CCN(C(=O)Nc2ccccc2)CC1CCN1CCC(n2c(=O)[nH]c3ccccc32)CC1. The minimum absolute atomic E-state index is 0.0489. The lowest BCUT2D eigenvalue weighted by molar-refractivity contribution is -0.139. The number of para-hydroxylation sites is 3. The van der Waals surface area contributed by atoms with E-state index in [0.717, 1.165) is 55.6 Å². The lowest BCUT2D eigenvalue weighted by Crippen LogP contribution is -2.47. The van der Waals surface area contributed by atoms with E-state index in [1.807, 2.05) is 64.1 Å². The van der Waals surface area contributed by atoms with Gasteiger partial charge in [-0.2, -0.15) is 0 Å². The van der Waals surface area contributed by atoms with Crippen LogP contribution in [0.2, 0.25) is 0 Å². The minimum Gasteiger partial charge on any atom is -0.481 e. The van der Waals surface area contributed by atoms with Crippen LogP contribution in [0.3, 0.4) is 0 Å². The first kappa shape index (κ1) is 25.1. The summed E-state index contributed by atoms with van der Waals surface area (Å²) < 4.78 is 1.90. The van der Waals surface area contributed by atoms with Gasteiger partial charge in [-0.3, -0.25) is 9.36 Å². The Balaban J connectivity index is 1.17. The van der Waals surface area contributed by atoms with Crippen LogP contribution in [0.1, 0.15) is 38.1 Å². The number of hydrogen-bond acceptors (Lipinski definition) is 4. The Bertz CT molecular complexity index is 1280. The van der Waals surface area contributed by atoms with Crippen molar-refractivity contribution < 1.29 is 14.7 Å². The number of anilines is 1. The van der Waals surface area contributed by atoms with Crippen LogP contribution in [0, 0.1) is 11.8 Å². The largest absolute Gasteiger partial charge is 0.481 e. The van der Waals surface area contributed by atoms with Gasteiger partial charge in [0.25, 0.3) is 0 Å². The zero-order valence-corrected chi connectivity index (χ0v) is 21.0. The van der Waals surface area contributed by atoms with Crippen molar-refractivity contribution in [3.63, 3.8) is 0 Å². The number of piperidine rings is 2. The molecule has 3 heterocycles. The first-order chi connectivity index (χ1) is 18.0. The van der Waals surface area contributed by atoms with Gasteiger partial charge >= 0.3 is 17.7 Å². The van der Waals surface area contributed by atoms with Gasteiger partial charge in [-0.1, -0.05) is 30.3 Å². The number of imidazole rings is 1. The zero-order chi connectivity index (χ0) is 25.8. The van der Waals surface area contributed by atoms with E-state index in [-0.39, 0.29) is 36.0 Å². The van der Waals surface area contributed by atoms with Gasteiger partial charge in [0.1, 0.15) is 0 Å². The Labute approximate surface area is 216 Å². The third-order valence-corrected chi connectivity index (χ3v) is 8.00. The highest BCUT2D eigenvalue weighted by atomic mass is 16.4. The number of aromatic nitrogens is 2. The summed E-state index contributed by atoms with van der Waals surface area (Å²) in [6.07, 6.45) is 3.49. The number of carboxylic acids is 1. The lowest BCUT2D eigenvalue weighted by Gasteiger charge is -2.40. The van der Waals surface area contributed by atoms with Crippen LogP contribution in [0.25, 0.3) is 11.0 Å². The number of aromatic amines is 1. The molecule has 0 aliphatic carbocycles. The number of carbonyl (C=O) groups is 2. The molecule has 3 aromatic rings. The Kier molecular flexibility index (Phi) is 7.60. The summed E-state index contributed by atoms with van der Waals surface area (Å²) in [6, 6.07) is 17.3. The number of hydrogen-bond donors (Lipinski definition) is 3. The second-order valence-electron chi connectivity index (χ2n) is 10.3. The maximum Gasteiger partial charge on any atom is 0.326 e. The normalized spacial score (nSPS) is 21.2. The molecule has 2 saturated heterocycles. The third-order valence-electron chi connectivity index (χ3n) is 8.00. The smallest absolute Gasteiger partial charge is 0.326 e. The van der Waals surface area contributed by atoms with Crippen molar-refractivity contribution in [1.29, 1.82) is 0 Å². The molecule has 9 heteroatoms. The molecule has 2 atom stereocenters. The fourth-order valence-corrected chi connectivity index (χ4v) is 6.00. The predicted octanol–water partition coefficient (Wildman–Crippen LogP) is 4.00. The number of carbonyl (C=O) groups excluding carboxylic acids is 1. The summed E-state index contributed by atoms with van der Waals surface area (Å²) in [5.41, 5.74) is 2.54. The van der Waals surface area contributed by atoms with Crippen molar-refractivity contribution in [2.45, 2.75) is 38.1 Å². The molecule has 0 bridgehead atoms. The number of benzene rings is 2. The van der Waals surface area contributed by atoms with E-state index >= 15 is 0 Å². The molecule has 196 valence electrons. The van der Waals surface area contributed by atoms with Gasteiger partial charge in [-0.15, -0.1) is 0 Å². The van der Waals surface area contributed by atoms with E-state index in [1.54, 1.807) is 0 Å². The maximum absolute atomic E-state index is 12.9. The van der Waals surface area contributed by atoms with E-state index in [2.05, 4.69) is 15.2 Å². The molecule has 2 unspecified atom stereocenters. The number of nitrogens with one attached hydrogen (secondary N) is 2. The molecule has 37 heavy (non-hydrogen) atoms. The molecule has 5 rings (SSSR count). The molecule has 0 saturated carbocycles. The molecule has 2 aliphatic heterocycles. The number of rotatable bonds is 7. The monoisotopic (exact) mass is 505 g/mol. The van der Waals surface area contributed by atoms with E-state index < -0.39 is 5.97 Å². The first-order valence-electron chi connectivity index (χ1n) is 13.2. The molecule has 2 aliphatic rings. The van der Waals surface area contributed by atoms with Gasteiger partial charge in [0.2, 0.25) is 0 Å². The van der Waals surface area contributed by atoms with E-state index in [4.69, 9.17) is 0 Å². The van der Waals surface area contributed by atoms with Gasteiger partial charge in [0.05, 0.1) is 11.0 Å². The molecule has 9 nitrogen and oxygen atoms in total. The Morgan fingerprint density at radius 1 is 0.946 bits per heavy atom. The quantitative estimate of drug-likeness (QED) is 0.450. The Morgan fingerprint density at radius 3 is 2.43 bits per heavy atom. The number of nitrogens with zero attached hydrogens (tertiary/aromatic N) is 3. The highest BCUT2D eigenvalue weighted by molar-refractivity contribution is 5.89. The molecular formula is C28H35N5O4. The molecule has 3 N–H and O–H groups in total. The average molecular weight is 506 g/mol. The molecule has 0 radical (unpaired) electrons. The van der Waals surface area contributed by atoms with E-state index in [1.165, 1.54) is 0 Å². The van der Waals surface area contributed by atoms with Gasteiger partial charge in [-0.05, 0) is 68.3 Å². The number of carboxylic acid groups (broad SMARTS) is 1. The zero-order valence-electron chi connectivity index (χ0n) is 21.0. The summed E-state index contributed by atoms with van der Waals surface area (Å²) in [5.74, 6) is -0.567. The predicted molar refractivity (Wildman–Crippen MR) is 143 cm³/mol. The number of aliphatic carboxylic acids is 1. The van der Waals surface area contributed by atoms with Crippen LogP contribution in [0.4, 0.5) is 10.5 Å². The highest BCUT2D eigenvalue weighted by Crippen LogP contribution is 2.31. The van der Waals surface area contributed by atoms with Gasteiger partial charge in [0, 0.05) is 44.3 Å². The second kappa shape index (κ2) is 11.2. The number of fused-ring (bicyclic) bond motifs is 1. The summed E-state index contributed by atoms with van der Waals surface area (Å²) in [4.78, 5) is 44.2. The van der Waals surface area contributed by atoms with Crippen LogP contribution >= 0.6 is 0 Å². The summed E-state index contributed by atoms with van der Waals surface area (Å²) in [5, 5.41) is 12.4. The minimum atomic E-state index is -0.776. The van der Waals surface area contributed by atoms with E-state index in [9.17, 15) is 19.5 Å². The highest BCUT2D eigenvalue weighted by Gasteiger charge is 2.33. The fraction of sp³-hybridized carbons (Fsp3) is 0.464. The molecule has 2 amide bonds. The van der Waals surface area contributed by atoms with Crippen LogP contribution in [-0.2, 0) is 4.79 Å². The Morgan fingerprint density at radius 2 is 1.68 bits per heavy atom. The van der Waals surface area contributed by atoms with Gasteiger partial charge in [-0.25, -0.2) is 9.59 Å². The summed E-state index contributed by atoms with van der Waals surface area (Å²) in [6.45, 7) is 3.79. The second-order valence-corrected chi connectivity index (χ2v) is 10.3. The molecule has 1 aromatic heterocycles. The number of amides is 2. The van der Waals surface area contributed by atoms with Crippen molar-refractivity contribution in [3.8, 4) is 0 Å². The summed E-state index contributed by atoms with van der Waals surface area (Å²) >= 11 is 0. The van der Waals surface area contributed by atoms with Crippen molar-refractivity contribution in [1.82, 2.24) is 19.4 Å². The van der Waals surface area contributed by atoms with Crippen molar-refractivity contribution >= 4 is 28.7 Å². The topological polar surface area (TPSA) is 111 Å². The third kappa shape index (κ3) is 5.88. The maximum atomic E-state index is 12.9. The molecule has 0 spiro atoms. The lowest BCUT2D eigenvalue weighted by atomic mass is 9.81. The van der Waals surface area contributed by atoms with Crippen LogP contribution in [0.5, 0.6) is 0 Å². The van der Waals surface area contributed by atoms with Crippen LogP contribution in [-0.4, -0.2) is 69.2 Å². The van der Waals surface area contributed by atoms with Crippen molar-refractivity contribution in [2.24, 2.45) is 11.8 Å². The van der Waals surface area contributed by atoms with Gasteiger partial charge < -0.3 is 25.2 Å². The van der Waals surface area contributed by atoms with Crippen molar-refractivity contribution in [3.05, 3.63) is 65.1 Å². The number of H-pyrrole nitrogens is 1. The summed E-state index contributed by atoms with van der Waals surface area (Å²) in [7, 11) is 0. The number of likely N-dealkylation sites (tertiary alicyclic amines) is 2. The standard InChI is InChI=1S/C28H35N5O4/c34-26(35)18-20-11-17-32(27(36)29-22-6-2-1-3-7-22)19-21(20)10-14-31-15-12-23(13-16-31)33-25-9-5-4-8-24(25)30-28(33)37/h1-9,20-21,23H,10-19H2,(H,29,36)(H,30,37)(H,34,35). The fourth-order valence-electron chi connectivity index (χ4n) is 6.00. The molecule has 2 aromatic carbocycles. The molecular weight excluding hydrogens is 470 g/mol.